The van der Waals surface area contributed by atoms with Crippen molar-refractivity contribution in [2.75, 3.05) is 6.54 Å². The lowest BCUT2D eigenvalue weighted by Gasteiger charge is -2.06. The fraction of sp³-hybridized carbons (Fsp3) is 0.571. The number of nitrogens with one attached hydrogen (secondary N) is 1. The molecule has 0 aliphatic carbocycles. The Balaban J connectivity index is 2.03. The minimum absolute atomic E-state index is 0.114. The molecule has 2 heterocycles. The minimum Gasteiger partial charge on any atom is -0.480 e. The average molecular weight is 182 g/mol. The summed E-state index contributed by atoms with van der Waals surface area (Å²) in [6.07, 6.45) is 3.91. The van der Waals surface area contributed by atoms with E-state index < -0.39 is 12.0 Å². The predicted molar refractivity (Wildman–Crippen MR) is 43.1 cm³/mol. The number of carboxylic acids is 1. The van der Waals surface area contributed by atoms with Crippen molar-refractivity contribution in [3.8, 4) is 0 Å². The van der Waals surface area contributed by atoms with Crippen molar-refractivity contribution >= 4 is 5.97 Å². The Morgan fingerprint density at radius 1 is 1.69 bits per heavy atom. The third-order valence-corrected chi connectivity index (χ3v) is 2.22. The smallest absolute Gasteiger partial charge is 0.320 e. The lowest BCUT2D eigenvalue weighted by Crippen LogP contribution is -2.29. The predicted octanol–water partition coefficient (Wildman–Crippen LogP) is -0.734. The molecule has 2 atom stereocenters. The van der Waals surface area contributed by atoms with E-state index in [1.54, 1.807) is 17.1 Å². The molecule has 2 unspecified atom stereocenters. The largest absolute Gasteiger partial charge is 0.480 e. The van der Waals surface area contributed by atoms with Gasteiger partial charge in [0.05, 0.1) is 12.2 Å². The molecule has 2 rings (SSSR count). The van der Waals surface area contributed by atoms with E-state index in [9.17, 15) is 4.79 Å². The van der Waals surface area contributed by atoms with Crippen molar-refractivity contribution in [1.29, 1.82) is 0 Å². The molecule has 1 fully saturated rings. The first-order valence-electron chi connectivity index (χ1n) is 4.09. The van der Waals surface area contributed by atoms with Gasteiger partial charge in [0.2, 0.25) is 0 Å². The van der Waals surface area contributed by atoms with Crippen LogP contribution in [0.25, 0.3) is 0 Å². The molecule has 0 spiro atoms. The molecule has 70 valence electrons. The Labute approximate surface area is 74.6 Å². The lowest BCUT2D eigenvalue weighted by atomic mass is 10.2. The monoisotopic (exact) mass is 182 g/mol. The maximum atomic E-state index is 10.6. The maximum absolute atomic E-state index is 10.6. The topological polar surface area (TPSA) is 80.0 Å². The molecule has 1 aromatic rings. The second-order valence-corrected chi connectivity index (χ2v) is 3.07. The van der Waals surface area contributed by atoms with Crippen molar-refractivity contribution in [2.24, 2.45) is 0 Å². The highest BCUT2D eigenvalue weighted by Crippen LogP contribution is 2.17. The van der Waals surface area contributed by atoms with Crippen molar-refractivity contribution in [3.63, 3.8) is 0 Å². The van der Waals surface area contributed by atoms with Crippen LogP contribution in [0.2, 0.25) is 0 Å². The van der Waals surface area contributed by atoms with Gasteiger partial charge in [0.15, 0.2) is 0 Å². The molecular weight excluding hydrogens is 172 g/mol. The Morgan fingerprint density at radius 3 is 3.08 bits per heavy atom. The molecule has 0 amide bonds. The average Bonchev–Trinajstić information content (AvgIpc) is 2.75. The molecule has 13 heavy (non-hydrogen) atoms. The van der Waals surface area contributed by atoms with Gasteiger partial charge in [-0.2, -0.15) is 0 Å². The highest BCUT2D eigenvalue weighted by atomic mass is 16.4. The number of carbonyl (C=O) groups is 1. The van der Waals surface area contributed by atoms with E-state index in [-0.39, 0.29) is 6.04 Å². The Morgan fingerprint density at radius 2 is 2.54 bits per heavy atom. The van der Waals surface area contributed by atoms with E-state index in [0.717, 1.165) is 0 Å². The first kappa shape index (κ1) is 8.18. The second kappa shape index (κ2) is 3.14. The Bertz CT molecular complexity index is 297. The zero-order chi connectivity index (χ0) is 9.26. The first-order valence-corrected chi connectivity index (χ1v) is 4.09. The zero-order valence-corrected chi connectivity index (χ0v) is 6.92. The normalized spacial score (nSPS) is 27.7. The summed E-state index contributed by atoms with van der Waals surface area (Å²) in [7, 11) is 0. The molecule has 1 aromatic heterocycles. The summed E-state index contributed by atoms with van der Waals surface area (Å²) in [6.45, 7) is 0.639. The standard InChI is InChI=1S/C7H10N4O2/c12-7(13)6-3-5(4-8-6)11-2-1-9-10-11/h1-2,5-6,8H,3-4H2,(H,12,13). The molecule has 1 aliphatic rings. The molecule has 0 aromatic carbocycles. The third kappa shape index (κ3) is 1.52. The van der Waals surface area contributed by atoms with E-state index in [1.165, 1.54) is 0 Å². The Kier molecular flexibility index (Phi) is 1.97. The van der Waals surface area contributed by atoms with Gasteiger partial charge in [0.25, 0.3) is 0 Å². The van der Waals surface area contributed by atoms with Gasteiger partial charge in [-0.25, -0.2) is 4.68 Å². The fourth-order valence-corrected chi connectivity index (χ4v) is 1.52. The minimum atomic E-state index is -0.803. The first-order chi connectivity index (χ1) is 6.27. The summed E-state index contributed by atoms with van der Waals surface area (Å²) in [5, 5.41) is 19.1. The van der Waals surface area contributed by atoms with Gasteiger partial charge in [-0.3, -0.25) is 4.79 Å². The van der Waals surface area contributed by atoms with Gasteiger partial charge < -0.3 is 10.4 Å². The van der Waals surface area contributed by atoms with Crippen LogP contribution in [-0.4, -0.2) is 38.7 Å². The molecular formula is C7H10N4O2. The molecule has 1 saturated heterocycles. The van der Waals surface area contributed by atoms with Gasteiger partial charge in [0.1, 0.15) is 6.04 Å². The van der Waals surface area contributed by atoms with Crippen LogP contribution in [0.5, 0.6) is 0 Å². The molecule has 0 radical (unpaired) electrons. The van der Waals surface area contributed by atoms with E-state index in [4.69, 9.17) is 5.11 Å². The van der Waals surface area contributed by atoms with Crippen molar-refractivity contribution in [1.82, 2.24) is 20.3 Å². The van der Waals surface area contributed by atoms with Gasteiger partial charge in [0, 0.05) is 12.7 Å². The summed E-state index contributed by atoms with van der Waals surface area (Å²) < 4.78 is 1.69. The summed E-state index contributed by atoms with van der Waals surface area (Å²) >= 11 is 0. The molecule has 0 bridgehead atoms. The van der Waals surface area contributed by atoms with Crippen molar-refractivity contribution in [3.05, 3.63) is 12.4 Å². The van der Waals surface area contributed by atoms with Crippen LogP contribution in [0.15, 0.2) is 12.4 Å². The van der Waals surface area contributed by atoms with E-state index in [2.05, 4.69) is 15.6 Å². The van der Waals surface area contributed by atoms with E-state index in [1.807, 2.05) is 0 Å². The van der Waals surface area contributed by atoms with Gasteiger partial charge in [-0.05, 0) is 6.42 Å². The molecule has 6 heteroatoms. The number of aromatic nitrogens is 3. The van der Waals surface area contributed by atoms with Crippen LogP contribution in [-0.2, 0) is 4.79 Å². The van der Waals surface area contributed by atoms with Gasteiger partial charge in [-0.15, -0.1) is 5.10 Å². The summed E-state index contributed by atoms with van der Waals surface area (Å²) in [6, 6.07) is -0.335. The van der Waals surface area contributed by atoms with Gasteiger partial charge >= 0.3 is 5.97 Å². The number of hydrogen-bond donors (Lipinski definition) is 2. The number of carboxylic acid groups (broad SMARTS) is 1. The number of aliphatic carboxylic acids is 1. The van der Waals surface area contributed by atoms with Crippen LogP contribution in [0.1, 0.15) is 12.5 Å². The lowest BCUT2D eigenvalue weighted by molar-refractivity contribution is -0.139. The van der Waals surface area contributed by atoms with Gasteiger partial charge in [-0.1, -0.05) is 5.21 Å². The van der Waals surface area contributed by atoms with Crippen molar-refractivity contribution < 1.29 is 9.90 Å². The van der Waals surface area contributed by atoms with Crippen LogP contribution in [0, 0.1) is 0 Å². The number of nitrogens with zero attached hydrogens (tertiary/aromatic N) is 3. The summed E-state index contributed by atoms with van der Waals surface area (Å²) in [5.41, 5.74) is 0. The highest BCUT2D eigenvalue weighted by Gasteiger charge is 2.30. The number of hydrogen-bond acceptors (Lipinski definition) is 4. The third-order valence-electron chi connectivity index (χ3n) is 2.22. The molecule has 6 nitrogen and oxygen atoms in total. The van der Waals surface area contributed by atoms with E-state index >= 15 is 0 Å². The van der Waals surface area contributed by atoms with E-state index in [0.29, 0.717) is 13.0 Å². The summed E-state index contributed by atoms with van der Waals surface area (Å²) in [4.78, 5) is 10.6. The van der Waals surface area contributed by atoms with Crippen LogP contribution in [0.3, 0.4) is 0 Å². The molecule has 1 aliphatic heterocycles. The summed E-state index contributed by atoms with van der Waals surface area (Å²) in [5.74, 6) is -0.803. The Hall–Kier alpha value is -1.43. The molecule has 2 N–H and O–H groups in total. The SMILES string of the molecule is O=C(O)C1CC(n2ccnn2)CN1. The highest BCUT2D eigenvalue weighted by molar-refractivity contribution is 5.73. The van der Waals surface area contributed by atoms with Crippen LogP contribution in [0.4, 0.5) is 0 Å². The fourth-order valence-electron chi connectivity index (χ4n) is 1.52. The maximum Gasteiger partial charge on any atom is 0.320 e. The quantitative estimate of drug-likeness (QED) is 0.630. The molecule has 0 saturated carbocycles. The van der Waals surface area contributed by atoms with Crippen LogP contribution >= 0.6 is 0 Å². The number of rotatable bonds is 2. The second-order valence-electron chi connectivity index (χ2n) is 3.07. The van der Waals surface area contributed by atoms with Crippen LogP contribution < -0.4 is 5.32 Å². The zero-order valence-electron chi connectivity index (χ0n) is 6.92. The van der Waals surface area contributed by atoms with Crippen molar-refractivity contribution in [2.45, 2.75) is 18.5 Å².